The molecule has 0 bridgehead atoms. The molecule has 0 heterocycles. The van der Waals surface area contributed by atoms with Crippen LogP contribution in [0.25, 0.3) is 0 Å². The first kappa shape index (κ1) is 13.2. The van der Waals surface area contributed by atoms with Gasteiger partial charge in [-0.2, -0.15) is 0 Å². The van der Waals surface area contributed by atoms with Gasteiger partial charge in [-0.15, -0.1) is 0 Å². The maximum absolute atomic E-state index is 11.6. The molecule has 3 N–H and O–H groups in total. The lowest BCUT2D eigenvalue weighted by atomic mass is 9.89. The minimum atomic E-state index is -0.493. The molecule has 0 spiro atoms. The van der Waals surface area contributed by atoms with E-state index < -0.39 is 5.41 Å². The van der Waals surface area contributed by atoms with Crippen molar-refractivity contribution in [3.05, 3.63) is 24.3 Å². The second kappa shape index (κ2) is 4.99. The van der Waals surface area contributed by atoms with Gasteiger partial charge in [-0.1, -0.05) is 26.8 Å². The van der Waals surface area contributed by atoms with Crippen molar-refractivity contribution >= 4 is 23.1 Å². The molecular formula is C13H18N2O2. The van der Waals surface area contributed by atoms with Crippen molar-refractivity contribution in [1.29, 1.82) is 0 Å². The summed E-state index contributed by atoms with van der Waals surface area (Å²) in [4.78, 5) is 23.3. The molecule has 0 aliphatic carbocycles. The summed E-state index contributed by atoms with van der Waals surface area (Å²) in [6.45, 7) is 5.38. The number of ketones is 1. The first-order valence-electron chi connectivity index (χ1n) is 5.48. The predicted octanol–water partition coefficient (Wildman–Crippen LogP) is 2.21. The van der Waals surface area contributed by atoms with Gasteiger partial charge in [0.2, 0.25) is 5.91 Å². The maximum atomic E-state index is 11.6. The van der Waals surface area contributed by atoms with Crippen LogP contribution in [0.1, 0.15) is 27.2 Å². The van der Waals surface area contributed by atoms with E-state index in [9.17, 15) is 9.59 Å². The van der Waals surface area contributed by atoms with Crippen molar-refractivity contribution in [1.82, 2.24) is 0 Å². The molecule has 0 aliphatic heterocycles. The molecule has 0 unspecified atom stereocenters. The van der Waals surface area contributed by atoms with Crippen LogP contribution in [0.2, 0.25) is 0 Å². The molecule has 0 fully saturated rings. The fraction of sp³-hybridized carbons (Fsp3) is 0.385. The van der Waals surface area contributed by atoms with E-state index in [0.29, 0.717) is 11.4 Å². The highest BCUT2D eigenvalue weighted by atomic mass is 16.2. The van der Waals surface area contributed by atoms with Crippen LogP contribution in [0.15, 0.2) is 24.3 Å². The van der Waals surface area contributed by atoms with E-state index in [-0.39, 0.29) is 18.1 Å². The third kappa shape index (κ3) is 4.26. The summed E-state index contributed by atoms with van der Waals surface area (Å²) in [5.74, 6) is -0.394. The van der Waals surface area contributed by atoms with Gasteiger partial charge in [0.1, 0.15) is 5.78 Å². The summed E-state index contributed by atoms with van der Waals surface area (Å²) in [7, 11) is 0. The number of carbonyl (C=O) groups excluding carboxylic acids is 2. The quantitative estimate of drug-likeness (QED) is 0.622. The average molecular weight is 234 g/mol. The first-order chi connectivity index (χ1) is 7.79. The number of anilines is 2. The van der Waals surface area contributed by atoms with Crippen LogP contribution in [0.3, 0.4) is 0 Å². The van der Waals surface area contributed by atoms with Crippen LogP contribution >= 0.6 is 0 Å². The van der Waals surface area contributed by atoms with Crippen molar-refractivity contribution in [2.24, 2.45) is 5.41 Å². The van der Waals surface area contributed by atoms with Crippen LogP contribution in [-0.4, -0.2) is 11.7 Å². The molecule has 0 aliphatic rings. The SMILES string of the molecule is CC(C)(C)C(=O)CC(=O)Nc1cccc(N)c1. The van der Waals surface area contributed by atoms with E-state index in [2.05, 4.69) is 5.32 Å². The lowest BCUT2D eigenvalue weighted by Gasteiger charge is -2.16. The molecule has 0 radical (unpaired) electrons. The topological polar surface area (TPSA) is 72.2 Å². The number of amides is 1. The Kier molecular flexibility index (Phi) is 3.89. The number of hydrogen-bond acceptors (Lipinski definition) is 3. The smallest absolute Gasteiger partial charge is 0.231 e. The number of rotatable bonds is 3. The van der Waals surface area contributed by atoms with Gasteiger partial charge in [0, 0.05) is 16.8 Å². The number of Topliss-reactive ketones (excluding diaryl/α,β-unsaturated/α-hetero) is 1. The highest BCUT2D eigenvalue weighted by Gasteiger charge is 2.23. The summed E-state index contributed by atoms with van der Waals surface area (Å²) in [5.41, 5.74) is 6.28. The Labute approximate surface area is 101 Å². The molecule has 4 nitrogen and oxygen atoms in total. The highest BCUT2D eigenvalue weighted by molar-refractivity contribution is 6.05. The Hall–Kier alpha value is -1.84. The van der Waals surface area contributed by atoms with Gasteiger partial charge in [-0.25, -0.2) is 0 Å². The predicted molar refractivity (Wildman–Crippen MR) is 68.6 cm³/mol. The fourth-order valence-corrected chi connectivity index (χ4v) is 1.23. The standard InChI is InChI=1S/C13H18N2O2/c1-13(2,3)11(16)8-12(17)15-10-6-4-5-9(14)7-10/h4-7H,8,14H2,1-3H3,(H,15,17). The summed E-state index contributed by atoms with van der Waals surface area (Å²) in [6.07, 6.45) is -0.113. The van der Waals surface area contributed by atoms with Gasteiger partial charge < -0.3 is 11.1 Å². The molecule has 1 aromatic rings. The molecular weight excluding hydrogens is 216 g/mol. The summed E-state index contributed by atoms with van der Waals surface area (Å²) >= 11 is 0. The van der Waals surface area contributed by atoms with E-state index in [1.165, 1.54) is 0 Å². The second-order valence-electron chi connectivity index (χ2n) is 5.02. The number of benzene rings is 1. The van der Waals surface area contributed by atoms with Crippen LogP contribution in [0.4, 0.5) is 11.4 Å². The molecule has 1 aromatic carbocycles. The Morgan fingerprint density at radius 2 is 1.94 bits per heavy atom. The van der Waals surface area contributed by atoms with E-state index in [0.717, 1.165) is 0 Å². The zero-order valence-corrected chi connectivity index (χ0v) is 10.4. The lowest BCUT2D eigenvalue weighted by Crippen LogP contribution is -2.26. The van der Waals surface area contributed by atoms with Crippen molar-refractivity contribution in [3.8, 4) is 0 Å². The Bertz CT molecular complexity index is 433. The van der Waals surface area contributed by atoms with Crippen LogP contribution in [0.5, 0.6) is 0 Å². The maximum Gasteiger partial charge on any atom is 0.231 e. The number of hydrogen-bond donors (Lipinski definition) is 2. The van der Waals surface area contributed by atoms with Crippen molar-refractivity contribution in [2.75, 3.05) is 11.1 Å². The van der Waals surface area contributed by atoms with Crippen molar-refractivity contribution in [3.63, 3.8) is 0 Å². The normalized spacial score (nSPS) is 11.0. The lowest BCUT2D eigenvalue weighted by molar-refractivity contribution is -0.130. The average Bonchev–Trinajstić information content (AvgIpc) is 2.15. The fourth-order valence-electron chi connectivity index (χ4n) is 1.23. The summed E-state index contributed by atoms with van der Waals surface area (Å²) in [6, 6.07) is 6.86. The van der Waals surface area contributed by atoms with E-state index >= 15 is 0 Å². The zero-order valence-electron chi connectivity index (χ0n) is 10.4. The van der Waals surface area contributed by atoms with Gasteiger partial charge in [0.05, 0.1) is 6.42 Å². The largest absolute Gasteiger partial charge is 0.399 e. The monoisotopic (exact) mass is 234 g/mol. The van der Waals surface area contributed by atoms with Crippen LogP contribution in [0, 0.1) is 5.41 Å². The molecule has 4 heteroatoms. The summed E-state index contributed by atoms with van der Waals surface area (Å²) < 4.78 is 0. The van der Waals surface area contributed by atoms with Crippen LogP contribution < -0.4 is 11.1 Å². The van der Waals surface area contributed by atoms with Gasteiger partial charge in [-0.3, -0.25) is 9.59 Å². The van der Waals surface area contributed by atoms with Gasteiger partial charge in [-0.05, 0) is 18.2 Å². The molecule has 0 atom stereocenters. The number of nitrogens with one attached hydrogen (secondary N) is 1. The molecule has 0 saturated heterocycles. The molecule has 0 saturated carbocycles. The van der Waals surface area contributed by atoms with Crippen molar-refractivity contribution < 1.29 is 9.59 Å². The Balaban J connectivity index is 2.59. The van der Waals surface area contributed by atoms with Gasteiger partial charge >= 0.3 is 0 Å². The van der Waals surface area contributed by atoms with E-state index in [1.807, 2.05) is 0 Å². The molecule has 1 amide bonds. The third-order valence-corrected chi connectivity index (χ3v) is 2.33. The zero-order chi connectivity index (χ0) is 13.1. The van der Waals surface area contributed by atoms with E-state index in [4.69, 9.17) is 5.73 Å². The molecule has 0 aromatic heterocycles. The summed E-state index contributed by atoms with van der Waals surface area (Å²) in [5, 5.41) is 2.65. The first-order valence-corrected chi connectivity index (χ1v) is 5.48. The second-order valence-corrected chi connectivity index (χ2v) is 5.02. The number of nitrogen functional groups attached to an aromatic ring is 1. The van der Waals surface area contributed by atoms with Gasteiger partial charge in [0.25, 0.3) is 0 Å². The Morgan fingerprint density at radius 3 is 2.47 bits per heavy atom. The minimum Gasteiger partial charge on any atom is -0.399 e. The number of nitrogens with two attached hydrogens (primary N) is 1. The molecule has 1 rings (SSSR count). The number of carbonyl (C=O) groups is 2. The highest BCUT2D eigenvalue weighted by Crippen LogP contribution is 2.17. The molecule has 17 heavy (non-hydrogen) atoms. The third-order valence-electron chi connectivity index (χ3n) is 2.33. The molecule has 92 valence electrons. The van der Waals surface area contributed by atoms with Crippen LogP contribution in [-0.2, 0) is 9.59 Å². The van der Waals surface area contributed by atoms with E-state index in [1.54, 1.807) is 45.0 Å². The van der Waals surface area contributed by atoms with Gasteiger partial charge in [0.15, 0.2) is 0 Å². The minimum absolute atomic E-state index is 0.0843. The Morgan fingerprint density at radius 1 is 1.29 bits per heavy atom. The van der Waals surface area contributed by atoms with Crippen molar-refractivity contribution in [2.45, 2.75) is 27.2 Å².